The number of carbonyl (C=O) groups excluding carboxylic acids is 1. The second-order valence-electron chi connectivity index (χ2n) is 3.35. The van der Waals surface area contributed by atoms with E-state index in [0.29, 0.717) is 15.6 Å². The summed E-state index contributed by atoms with van der Waals surface area (Å²) in [5.41, 5.74) is 0.901. The number of rotatable bonds is 2. The van der Waals surface area contributed by atoms with Crippen LogP contribution in [0.3, 0.4) is 0 Å². The van der Waals surface area contributed by atoms with E-state index in [4.69, 9.17) is 0 Å². The van der Waals surface area contributed by atoms with Gasteiger partial charge in [-0.1, -0.05) is 46.3 Å². The van der Waals surface area contributed by atoms with E-state index in [2.05, 4.69) is 15.9 Å². The average molecular weight is 279 g/mol. The van der Waals surface area contributed by atoms with E-state index >= 15 is 0 Å². The van der Waals surface area contributed by atoms with Crippen LogP contribution in [0.2, 0.25) is 0 Å². The molecule has 0 amide bonds. The normalized spacial score (nSPS) is 10.1. The van der Waals surface area contributed by atoms with Gasteiger partial charge in [-0.15, -0.1) is 0 Å². The standard InChI is InChI=1S/C13H8BrFO/c14-11-6-10(7-12(15)8-11)13(16)9-4-2-1-3-5-9/h1-8H. The van der Waals surface area contributed by atoms with Crippen molar-refractivity contribution in [3.05, 3.63) is 69.9 Å². The van der Waals surface area contributed by atoms with Gasteiger partial charge in [0.15, 0.2) is 5.78 Å². The van der Waals surface area contributed by atoms with Gasteiger partial charge in [0.1, 0.15) is 5.82 Å². The van der Waals surface area contributed by atoms with Crippen LogP contribution in [-0.4, -0.2) is 5.78 Å². The van der Waals surface area contributed by atoms with Gasteiger partial charge in [-0.3, -0.25) is 4.79 Å². The van der Waals surface area contributed by atoms with Crippen LogP contribution < -0.4 is 0 Å². The molecule has 3 heteroatoms. The van der Waals surface area contributed by atoms with Crippen LogP contribution in [0.5, 0.6) is 0 Å². The van der Waals surface area contributed by atoms with Crippen LogP contribution in [0.4, 0.5) is 4.39 Å². The molecule has 2 aromatic rings. The lowest BCUT2D eigenvalue weighted by Crippen LogP contribution is -2.01. The highest BCUT2D eigenvalue weighted by Gasteiger charge is 2.10. The Morgan fingerprint density at radius 1 is 1.00 bits per heavy atom. The first-order valence-electron chi connectivity index (χ1n) is 4.72. The lowest BCUT2D eigenvalue weighted by atomic mass is 10.0. The molecule has 0 spiro atoms. The summed E-state index contributed by atoms with van der Waals surface area (Å²) in [7, 11) is 0. The highest BCUT2D eigenvalue weighted by Crippen LogP contribution is 2.17. The molecule has 0 unspecified atom stereocenters. The van der Waals surface area contributed by atoms with Gasteiger partial charge >= 0.3 is 0 Å². The molecule has 0 radical (unpaired) electrons. The Hall–Kier alpha value is -1.48. The molecule has 0 fully saturated rings. The minimum Gasteiger partial charge on any atom is -0.289 e. The van der Waals surface area contributed by atoms with Crippen LogP contribution in [0.15, 0.2) is 53.0 Å². The Balaban J connectivity index is 2.42. The SMILES string of the molecule is O=C(c1ccccc1)c1cc(F)cc(Br)c1. The van der Waals surface area contributed by atoms with Gasteiger partial charge in [-0.2, -0.15) is 0 Å². The first kappa shape index (κ1) is 11.0. The molecule has 0 bridgehead atoms. The molecule has 16 heavy (non-hydrogen) atoms. The maximum absolute atomic E-state index is 13.1. The zero-order chi connectivity index (χ0) is 11.5. The van der Waals surface area contributed by atoms with Crippen molar-refractivity contribution in [3.63, 3.8) is 0 Å². The Labute approximate surface area is 101 Å². The number of hydrogen-bond donors (Lipinski definition) is 0. The lowest BCUT2D eigenvalue weighted by molar-refractivity contribution is 0.103. The highest BCUT2D eigenvalue weighted by molar-refractivity contribution is 9.10. The summed E-state index contributed by atoms with van der Waals surface area (Å²) in [6.45, 7) is 0. The predicted molar refractivity (Wildman–Crippen MR) is 64.0 cm³/mol. The van der Waals surface area contributed by atoms with Crippen molar-refractivity contribution >= 4 is 21.7 Å². The molecule has 0 N–H and O–H groups in total. The van der Waals surface area contributed by atoms with Gasteiger partial charge in [0.05, 0.1) is 0 Å². The lowest BCUT2D eigenvalue weighted by Gasteiger charge is -2.02. The maximum Gasteiger partial charge on any atom is 0.193 e. The van der Waals surface area contributed by atoms with E-state index in [1.807, 2.05) is 6.07 Å². The van der Waals surface area contributed by atoms with Gasteiger partial charge in [0, 0.05) is 15.6 Å². The first-order chi connectivity index (χ1) is 7.66. The minimum atomic E-state index is -0.423. The quantitative estimate of drug-likeness (QED) is 0.764. The molecule has 0 aliphatic heterocycles. The summed E-state index contributed by atoms with van der Waals surface area (Å²) in [4.78, 5) is 12.0. The number of hydrogen-bond acceptors (Lipinski definition) is 1. The summed E-state index contributed by atoms with van der Waals surface area (Å²) in [6, 6.07) is 13.0. The van der Waals surface area contributed by atoms with Crippen LogP contribution in [0.1, 0.15) is 15.9 Å². The fourth-order valence-electron chi connectivity index (χ4n) is 1.44. The minimum absolute atomic E-state index is 0.180. The monoisotopic (exact) mass is 278 g/mol. The number of benzene rings is 2. The molecular formula is C13H8BrFO. The Bertz CT molecular complexity index is 502. The summed E-state index contributed by atoms with van der Waals surface area (Å²) in [5, 5.41) is 0. The molecule has 1 nitrogen and oxygen atoms in total. The molecular weight excluding hydrogens is 271 g/mol. The van der Waals surface area contributed by atoms with E-state index in [0.717, 1.165) is 0 Å². The van der Waals surface area contributed by atoms with Crippen molar-refractivity contribution in [2.24, 2.45) is 0 Å². The third-order valence-electron chi connectivity index (χ3n) is 2.16. The second-order valence-corrected chi connectivity index (χ2v) is 4.27. The fourth-order valence-corrected chi connectivity index (χ4v) is 1.91. The molecule has 0 aliphatic carbocycles. The maximum atomic E-state index is 13.1. The molecule has 0 aromatic heterocycles. The zero-order valence-electron chi connectivity index (χ0n) is 8.28. The van der Waals surface area contributed by atoms with Gasteiger partial charge in [0.2, 0.25) is 0 Å². The fraction of sp³-hybridized carbons (Fsp3) is 0. The van der Waals surface area contributed by atoms with E-state index in [1.165, 1.54) is 12.1 Å². The van der Waals surface area contributed by atoms with Crippen LogP contribution >= 0.6 is 15.9 Å². The Morgan fingerprint density at radius 3 is 2.31 bits per heavy atom. The third kappa shape index (κ3) is 2.36. The molecule has 0 saturated carbocycles. The molecule has 80 valence electrons. The number of halogens is 2. The second kappa shape index (κ2) is 4.58. The van der Waals surface area contributed by atoms with E-state index in [-0.39, 0.29) is 5.78 Å². The van der Waals surface area contributed by atoms with E-state index in [1.54, 1.807) is 30.3 Å². The number of carbonyl (C=O) groups is 1. The molecule has 0 heterocycles. The Morgan fingerprint density at radius 2 is 1.69 bits per heavy atom. The zero-order valence-corrected chi connectivity index (χ0v) is 9.87. The highest BCUT2D eigenvalue weighted by atomic mass is 79.9. The van der Waals surface area contributed by atoms with Crippen LogP contribution in [0, 0.1) is 5.82 Å². The molecule has 0 atom stereocenters. The topological polar surface area (TPSA) is 17.1 Å². The molecule has 0 aliphatic rings. The molecule has 0 saturated heterocycles. The third-order valence-corrected chi connectivity index (χ3v) is 2.62. The van der Waals surface area contributed by atoms with E-state index < -0.39 is 5.82 Å². The predicted octanol–water partition coefficient (Wildman–Crippen LogP) is 3.82. The van der Waals surface area contributed by atoms with Crippen molar-refractivity contribution < 1.29 is 9.18 Å². The van der Waals surface area contributed by atoms with Crippen LogP contribution in [-0.2, 0) is 0 Å². The van der Waals surface area contributed by atoms with Gasteiger partial charge in [-0.25, -0.2) is 4.39 Å². The summed E-state index contributed by atoms with van der Waals surface area (Å²) in [6.07, 6.45) is 0. The van der Waals surface area contributed by atoms with Crippen molar-refractivity contribution in [2.45, 2.75) is 0 Å². The van der Waals surface area contributed by atoms with Crippen LogP contribution in [0.25, 0.3) is 0 Å². The van der Waals surface area contributed by atoms with Gasteiger partial charge < -0.3 is 0 Å². The molecule has 2 rings (SSSR count). The van der Waals surface area contributed by atoms with Gasteiger partial charge in [-0.05, 0) is 18.2 Å². The van der Waals surface area contributed by atoms with Gasteiger partial charge in [0.25, 0.3) is 0 Å². The summed E-state index contributed by atoms with van der Waals surface area (Å²) in [5.74, 6) is -0.602. The Kier molecular flexibility index (Phi) is 3.15. The summed E-state index contributed by atoms with van der Waals surface area (Å²) >= 11 is 3.16. The first-order valence-corrected chi connectivity index (χ1v) is 5.52. The molecule has 2 aromatic carbocycles. The van der Waals surface area contributed by atoms with Crippen molar-refractivity contribution in [3.8, 4) is 0 Å². The number of ketones is 1. The average Bonchev–Trinajstić information content (AvgIpc) is 2.28. The van der Waals surface area contributed by atoms with E-state index in [9.17, 15) is 9.18 Å². The van der Waals surface area contributed by atoms with Crippen molar-refractivity contribution in [2.75, 3.05) is 0 Å². The van der Waals surface area contributed by atoms with Crippen molar-refractivity contribution in [1.29, 1.82) is 0 Å². The summed E-state index contributed by atoms with van der Waals surface area (Å²) < 4.78 is 13.7. The largest absolute Gasteiger partial charge is 0.289 e. The van der Waals surface area contributed by atoms with Crippen molar-refractivity contribution in [1.82, 2.24) is 0 Å². The smallest absolute Gasteiger partial charge is 0.193 e.